The standard InChI is InChI=1S/C15H11ClN4O6/c1-8-2-3-11(12(16)4-8)15(22)18-17-7-9-5-10(19(23)24)6-13(14(9)21)20(25)26/h2-7,21H,1H3,(H,18,22). The molecule has 0 aromatic heterocycles. The molecular formula is C15H11ClN4O6. The summed E-state index contributed by atoms with van der Waals surface area (Å²) in [6.07, 6.45) is 0.856. The summed E-state index contributed by atoms with van der Waals surface area (Å²) in [6, 6.07) is 6.24. The first kappa shape index (κ1) is 18.8. The Balaban J connectivity index is 2.28. The number of nitro groups is 2. The van der Waals surface area contributed by atoms with Gasteiger partial charge in [-0.25, -0.2) is 5.43 Å². The number of aromatic hydroxyl groups is 1. The van der Waals surface area contributed by atoms with Crippen molar-refractivity contribution in [3.8, 4) is 5.75 Å². The van der Waals surface area contributed by atoms with Crippen LogP contribution in [0.1, 0.15) is 21.5 Å². The Morgan fingerprint density at radius 1 is 1.23 bits per heavy atom. The number of non-ortho nitro benzene ring substituents is 1. The van der Waals surface area contributed by atoms with Crippen LogP contribution in [-0.2, 0) is 0 Å². The van der Waals surface area contributed by atoms with Crippen LogP contribution in [0.25, 0.3) is 0 Å². The van der Waals surface area contributed by atoms with Gasteiger partial charge in [0.05, 0.1) is 38.3 Å². The van der Waals surface area contributed by atoms with Crippen molar-refractivity contribution in [3.05, 3.63) is 72.3 Å². The number of halogens is 1. The summed E-state index contributed by atoms with van der Waals surface area (Å²) in [5.41, 5.74) is 1.36. The van der Waals surface area contributed by atoms with E-state index < -0.39 is 32.9 Å². The van der Waals surface area contributed by atoms with E-state index >= 15 is 0 Å². The number of amides is 1. The van der Waals surface area contributed by atoms with Crippen LogP contribution >= 0.6 is 11.6 Å². The second-order valence-corrected chi connectivity index (χ2v) is 5.51. The zero-order valence-electron chi connectivity index (χ0n) is 13.2. The van der Waals surface area contributed by atoms with E-state index in [4.69, 9.17) is 11.6 Å². The lowest BCUT2D eigenvalue weighted by molar-refractivity contribution is -0.394. The summed E-state index contributed by atoms with van der Waals surface area (Å²) in [5.74, 6) is -1.47. The molecule has 10 nitrogen and oxygen atoms in total. The minimum Gasteiger partial charge on any atom is -0.502 e. The number of phenols is 1. The number of phenolic OH excluding ortho intramolecular Hbond substituents is 1. The van der Waals surface area contributed by atoms with Crippen molar-refractivity contribution >= 4 is 35.1 Å². The predicted molar refractivity (Wildman–Crippen MR) is 92.7 cm³/mol. The van der Waals surface area contributed by atoms with E-state index in [0.717, 1.165) is 17.8 Å². The minimum absolute atomic E-state index is 0.142. The average Bonchev–Trinajstić information content (AvgIpc) is 2.55. The quantitative estimate of drug-likeness (QED) is 0.464. The van der Waals surface area contributed by atoms with Crippen LogP contribution in [0.5, 0.6) is 5.75 Å². The number of benzene rings is 2. The number of nitrogens with one attached hydrogen (secondary N) is 1. The Hall–Kier alpha value is -3.53. The third-order valence-corrected chi connectivity index (χ3v) is 3.56. The molecule has 0 bridgehead atoms. The van der Waals surface area contributed by atoms with Gasteiger partial charge in [0.25, 0.3) is 11.6 Å². The first-order chi connectivity index (χ1) is 12.2. The highest BCUT2D eigenvalue weighted by atomic mass is 35.5. The van der Waals surface area contributed by atoms with Gasteiger partial charge in [0.2, 0.25) is 5.75 Å². The summed E-state index contributed by atoms with van der Waals surface area (Å²) in [7, 11) is 0. The molecule has 1 amide bonds. The summed E-state index contributed by atoms with van der Waals surface area (Å²) in [5, 5.41) is 35.3. The Morgan fingerprint density at radius 3 is 2.50 bits per heavy atom. The molecule has 0 fully saturated rings. The highest BCUT2D eigenvalue weighted by Crippen LogP contribution is 2.33. The molecule has 0 spiro atoms. The van der Waals surface area contributed by atoms with Crippen LogP contribution in [0, 0.1) is 27.2 Å². The number of hydrazone groups is 1. The Labute approximate surface area is 151 Å². The fourth-order valence-electron chi connectivity index (χ4n) is 1.99. The molecule has 26 heavy (non-hydrogen) atoms. The van der Waals surface area contributed by atoms with E-state index in [2.05, 4.69) is 10.5 Å². The second kappa shape index (κ2) is 7.57. The van der Waals surface area contributed by atoms with Crippen LogP contribution < -0.4 is 5.43 Å². The van der Waals surface area contributed by atoms with E-state index in [-0.39, 0.29) is 16.1 Å². The molecule has 0 unspecified atom stereocenters. The van der Waals surface area contributed by atoms with Crippen molar-refractivity contribution in [3.63, 3.8) is 0 Å². The van der Waals surface area contributed by atoms with Gasteiger partial charge in [-0.2, -0.15) is 5.10 Å². The molecule has 0 aliphatic heterocycles. The third kappa shape index (κ3) is 4.11. The molecule has 0 saturated carbocycles. The van der Waals surface area contributed by atoms with Crippen LogP contribution in [0.3, 0.4) is 0 Å². The molecule has 0 atom stereocenters. The van der Waals surface area contributed by atoms with Crippen molar-refractivity contribution in [2.24, 2.45) is 5.10 Å². The van der Waals surface area contributed by atoms with Crippen molar-refractivity contribution in [1.29, 1.82) is 0 Å². The molecule has 0 aliphatic rings. The van der Waals surface area contributed by atoms with Crippen LogP contribution in [0.2, 0.25) is 5.02 Å². The summed E-state index contributed by atoms with van der Waals surface area (Å²) in [4.78, 5) is 31.9. The predicted octanol–water partition coefficient (Wildman–Crippen LogP) is 2.93. The monoisotopic (exact) mass is 378 g/mol. The lowest BCUT2D eigenvalue weighted by Crippen LogP contribution is -2.18. The number of carbonyl (C=O) groups excluding carboxylic acids is 1. The van der Waals surface area contributed by atoms with Gasteiger partial charge in [-0.15, -0.1) is 0 Å². The number of rotatable bonds is 5. The Bertz CT molecular complexity index is 944. The molecule has 2 rings (SSSR count). The minimum atomic E-state index is -0.968. The van der Waals surface area contributed by atoms with Crippen LogP contribution in [0.4, 0.5) is 11.4 Å². The smallest absolute Gasteiger partial charge is 0.318 e. The molecular weight excluding hydrogens is 368 g/mol. The summed E-state index contributed by atoms with van der Waals surface area (Å²) < 4.78 is 0. The Kier molecular flexibility index (Phi) is 5.48. The first-order valence-corrected chi connectivity index (χ1v) is 7.34. The van der Waals surface area contributed by atoms with Gasteiger partial charge in [0, 0.05) is 6.07 Å². The van der Waals surface area contributed by atoms with E-state index in [1.54, 1.807) is 19.1 Å². The molecule has 2 aromatic carbocycles. The molecule has 0 heterocycles. The van der Waals surface area contributed by atoms with Gasteiger partial charge >= 0.3 is 5.69 Å². The Morgan fingerprint density at radius 2 is 1.92 bits per heavy atom. The fourth-order valence-corrected chi connectivity index (χ4v) is 2.31. The highest BCUT2D eigenvalue weighted by molar-refractivity contribution is 6.33. The van der Waals surface area contributed by atoms with E-state index in [1.165, 1.54) is 6.07 Å². The van der Waals surface area contributed by atoms with Crippen molar-refractivity contribution < 1.29 is 19.7 Å². The summed E-state index contributed by atoms with van der Waals surface area (Å²) in [6.45, 7) is 1.80. The maximum Gasteiger partial charge on any atom is 0.318 e. The summed E-state index contributed by atoms with van der Waals surface area (Å²) >= 11 is 5.95. The van der Waals surface area contributed by atoms with Gasteiger partial charge in [0.1, 0.15) is 0 Å². The van der Waals surface area contributed by atoms with Gasteiger partial charge in [0.15, 0.2) is 0 Å². The topological polar surface area (TPSA) is 148 Å². The highest BCUT2D eigenvalue weighted by Gasteiger charge is 2.23. The third-order valence-electron chi connectivity index (χ3n) is 3.25. The van der Waals surface area contributed by atoms with E-state index in [0.29, 0.717) is 6.07 Å². The van der Waals surface area contributed by atoms with Crippen molar-refractivity contribution in [2.45, 2.75) is 6.92 Å². The maximum absolute atomic E-state index is 12.0. The number of hydrogen-bond donors (Lipinski definition) is 2. The van der Waals surface area contributed by atoms with Gasteiger partial charge in [-0.05, 0) is 24.6 Å². The number of carbonyl (C=O) groups is 1. The fraction of sp³-hybridized carbons (Fsp3) is 0.0667. The molecule has 0 radical (unpaired) electrons. The van der Waals surface area contributed by atoms with Crippen molar-refractivity contribution in [2.75, 3.05) is 0 Å². The SMILES string of the molecule is Cc1ccc(C(=O)NN=Cc2cc([N+](=O)[O-])cc([N+](=O)[O-])c2O)c(Cl)c1. The number of nitrogens with zero attached hydrogens (tertiary/aromatic N) is 3. The maximum atomic E-state index is 12.0. The largest absolute Gasteiger partial charge is 0.502 e. The molecule has 134 valence electrons. The molecule has 11 heteroatoms. The number of nitro benzene ring substituents is 2. The van der Waals surface area contributed by atoms with E-state index in [1.807, 2.05) is 0 Å². The molecule has 2 N–H and O–H groups in total. The molecule has 2 aromatic rings. The first-order valence-electron chi connectivity index (χ1n) is 6.96. The average molecular weight is 379 g/mol. The second-order valence-electron chi connectivity index (χ2n) is 5.10. The van der Waals surface area contributed by atoms with Crippen LogP contribution in [0.15, 0.2) is 35.4 Å². The van der Waals surface area contributed by atoms with E-state index in [9.17, 15) is 30.1 Å². The lowest BCUT2D eigenvalue weighted by atomic mass is 10.1. The normalized spacial score (nSPS) is 10.7. The van der Waals surface area contributed by atoms with Gasteiger partial charge < -0.3 is 5.11 Å². The number of hydrogen-bond acceptors (Lipinski definition) is 7. The van der Waals surface area contributed by atoms with Gasteiger partial charge in [-0.3, -0.25) is 25.0 Å². The molecule has 0 aliphatic carbocycles. The zero-order valence-corrected chi connectivity index (χ0v) is 13.9. The number of aryl methyl sites for hydroxylation is 1. The zero-order chi connectivity index (χ0) is 19.4. The van der Waals surface area contributed by atoms with Crippen LogP contribution in [-0.4, -0.2) is 27.1 Å². The van der Waals surface area contributed by atoms with Gasteiger partial charge in [-0.1, -0.05) is 17.7 Å². The van der Waals surface area contributed by atoms with Crippen molar-refractivity contribution in [1.82, 2.24) is 5.43 Å². The lowest BCUT2D eigenvalue weighted by Gasteiger charge is -2.04. The molecule has 0 saturated heterocycles.